The van der Waals surface area contributed by atoms with Crippen molar-refractivity contribution in [2.75, 3.05) is 20.5 Å². The Morgan fingerprint density at radius 3 is 2.59 bits per heavy atom. The van der Waals surface area contributed by atoms with E-state index in [9.17, 15) is 4.79 Å². The fourth-order valence-electron chi connectivity index (χ4n) is 3.61. The Morgan fingerprint density at radius 1 is 1.30 bits per heavy atom. The quantitative estimate of drug-likeness (QED) is 0.522. The molecule has 0 spiro atoms. The molecule has 2 aliphatic rings. The molecule has 27 heavy (non-hydrogen) atoms. The van der Waals surface area contributed by atoms with E-state index in [1.54, 1.807) is 7.11 Å². The van der Waals surface area contributed by atoms with Gasteiger partial charge in [0.25, 0.3) is 0 Å². The number of amides is 1. The van der Waals surface area contributed by atoms with Gasteiger partial charge in [0.2, 0.25) is 0 Å². The number of hydrogen-bond acceptors (Lipinski definition) is 6. The average molecular weight is 402 g/mol. The van der Waals surface area contributed by atoms with Crippen molar-refractivity contribution in [3.63, 3.8) is 0 Å². The lowest BCUT2D eigenvalue weighted by Gasteiger charge is -2.53. The van der Waals surface area contributed by atoms with Gasteiger partial charge in [0.15, 0.2) is 6.23 Å². The number of alkyl carbamates (subject to hydrolysis) is 1. The number of rotatable bonds is 7. The third-order valence-corrected chi connectivity index (χ3v) is 7.00. The first-order valence-corrected chi connectivity index (χ1v) is 13.3. The van der Waals surface area contributed by atoms with Crippen LogP contribution >= 0.6 is 0 Å². The standard InChI is InChI=1S/C19H35NO6Si/c1-8-9-13-19(2,3)16(22-4)14-15(26-13)17(25-12-24-14)20-18(21)23-10-11-27(5,6)7/h8,13-17H,1,9-12H2,2-7H3,(H,20,21)/t13-,14+,15+,16-,17+/m1/s1. The number of fused-ring (bicyclic) bond motifs is 1. The molecule has 2 fully saturated rings. The van der Waals surface area contributed by atoms with Crippen LogP contribution in [0.3, 0.4) is 0 Å². The second kappa shape index (κ2) is 9.04. The Kier molecular flexibility index (Phi) is 7.49. The molecule has 0 unspecified atom stereocenters. The predicted octanol–water partition coefficient (Wildman–Crippen LogP) is 3.13. The van der Waals surface area contributed by atoms with Crippen LogP contribution in [0.5, 0.6) is 0 Å². The molecule has 8 heteroatoms. The van der Waals surface area contributed by atoms with Crippen LogP contribution in [-0.4, -0.2) is 65.3 Å². The van der Waals surface area contributed by atoms with Gasteiger partial charge >= 0.3 is 6.09 Å². The van der Waals surface area contributed by atoms with E-state index in [0.29, 0.717) is 13.0 Å². The first-order chi connectivity index (χ1) is 12.6. The summed E-state index contributed by atoms with van der Waals surface area (Å²) < 4.78 is 28.8. The van der Waals surface area contributed by atoms with Gasteiger partial charge in [-0.3, -0.25) is 5.32 Å². The molecular weight excluding hydrogens is 366 g/mol. The van der Waals surface area contributed by atoms with Crippen LogP contribution in [0.1, 0.15) is 20.3 Å². The van der Waals surface area contributed by atoms with Crippen molar-refractivity contribution in [1.82, 2.24) is 5.32 Å². The molecular formula is C19H35NO6Si. The lowest BCUT2D eigenvalue weighted by molar-refractivity contribution is -0.328. The van der Waals surface area contributed by atoms with E-state index in [2.05, 4.69) is 45.4 Å². The maximum absolute atomic E-state index is 12.2. The molecule has 0 aromatic heterocycles. The SMILES string of the molecule is C=CC[C@H]1O[C@H]2[C@H](OCO[C@@H]2NC(=O)OCC[Si](C)(C)C)[C@@H](OC)C1(C)C. The smallest absolute Gasteiger partial charge is 0.409 e. The second-order valence-electron chi connectivity index (χ2n) is 9.02. The summed E-state index contributed by atoms with van der Waals surface area (Å²) in [6.07, 6.45) is 0.209. The van der Waals surface area contributed by atoms with Crippen molar-refractivity contribution in [2.45, 2.75) is 76.6 Å². The molecule has 2 aliphatic heterocycles. The van der Waals surface area contributed by atoms with E-state index in [1.165, 1.54) is 0 Å². The zero-order valence-corrected chi connectivity index (χ0v) is 18.4. The molecule has 0 aromatic rings. The van der Waals surface area contributed by atoms with Crippen molar-refractivity contribution >= 4 is 14.2 Å². The van der Waals surface area contributed by atoms with Crippen molar-refractivity contribution < 1.29 is 28.5 Å². The molecule has 0 radical (unpaired) electrons. The van der Waals surface area contributed by atoms with Crippen molar-refractivity contribution in [3.8, 4) is 0 Å². The molecule has 0 aromatic carbocycles. The first kappa shape index (κ1) is 22.4. The molecule has 7 nitrogen and oxygen atoms in total. The highest BCUT2D eigenvalue weighted by atomic mass is 28.3. The Labute approximate surface area is 163 Å². The summed E-state index contributed by atoms with van der Waals surface area (Å²) in [6.45, 7) is 15.2. The summed E-state index contributed by atoms with van der Waals surface area (Å²) in [7, 11) is 0.413. The number of carbonyl (C=O) groups excluding carboxylic acids is 1. The third kappa shape index (κ3) is 5.54. The van der Waals surface area contributed by atoms with E-state index in [4.69, 9.17) is 23.7 Å². The number of hydrogen-bond donors (Lipinski definition) is 1. The van der Waals surface area contributed by atoms with Crippen LogP contribution in [0, 0.1) is 5.41 Å². The highest BCUT2D eigenvalue weighted by Gasteiger charge is 2.55. The Morgan fingerprint density at radius 2 is 2.00 bits per heavy atom. The van der Waals surface area contributed by atoms with E-state index in [0.717, 1.165) is 6.04 Å². The van der Waals surface area contributed by atoms with Crippen LogP contribution in [0.2, 0.25) is 25.7 Å². The van der Waals surface area contributed by atoms with Crippen LogP contribution in [0.25, 0.3) is 0 Å². The summed E-state index contributed by atoms with van der Waals surface area (Å²) in [4.78, 5) is 12.2. The number of nitrogens with one attached hydrogen (secondary N) is 1. The molecule has 0 aliphatic carbocycles. The highest BCUT2D eigenvalue weighted by Crippen LogP contribution is 2.43. The van der Waals surface area contributed by atoms with Crippen LogP contribution in [-0.2, 0) is 23.7 Å². The van der Waals surface area contributed by atoms with Gasteiger partial charge in [0.05, 0.1) is 18.8 Å². The minimum atomic E-state index is -1.26. The second-order valence-corrected chi connectivity index (χ2v) is 14.6. The summed E-state index contributed by atoms with van der Waals surface area (Å²) >= 11 is 0. The molecule has 0 bridgehead atoms. The Bertz CT molecular complexity index is 521. The zero-order chi connectivity index (χ0) is 20.2. The van der Waals surface area contributed by atoms with Gasteiger partial charge < -0.3 is 23.7 Å². The Balaban J connectivity index is 2.04. The molecule has 1 amide bonds. The van der Waals surface area contributed by atoms with Gasteiger partial charge in [-0.25, -0.2) is 4.79 Å². The molecule has 2 rings (SSSR count). The third-order valence-electron chi connectivity index (χ3n) is 5.29. The molecule has 1 N–H and O–H groups in total. The summed E-state index contributed by atoms with van der Waals surface area (Å²) in [5.74, 6) is 0. The lowest BCUT2D eigenvalue weighted by Crippen LogP contribution is -2.68. The largest absolute Gasteiger partial charge is 0.450 e. The minimum absolute atomic E-state index is 0.0619. The van der Waals surface area contributed by atoms with Crippen LogP contribution < -0.4 is 5.32 Å². The normalized spacial score (nSPS) is 33.0. The lowest BCUT2D eigenvalue weighted by atomic mass is 9.73. The monoisotopic (exact) mass is 401 g/mol. The van der Waals surface area contributed by atoms with E-state index < -0.39 is 26.5 Å². The summed E-state index contributed by atoms with van der Waals surface area (Å²) in [5, 5.41) is 2.78. The fourth-order valence-corrected chi connectivity index (χ4v) is 4.33. The predicted molar refractivity (Wildman–Crippen MR) is 105 cm³/mol. The first-order valence-electron chi connectivity index (χ1n) is 9.56. The molecule has 2 saturated heterocycles. The van der Waals surface area contributed by atoms with Gasteiger partial charge in [0, 0.05) is 20.6 Å². The van der Waals surface area contributed by atoms with E-state index in [-0.39, 0.29) is 30.5 Å². The maximum Gasteiger partial charge on any atom is 0.409 e. The van der Waals surface area contributed by atoms with Crippen molar-refractivity contribution in [1.29, 1.82) is 0 Å². The molecule has 2 heterocycles. The van der Waals surface area contributed by atoms with Gasteiger partial charge in [0.1, 0.15) is 19.0 Å². The van der Waals surface area contributed by atoms with Gasteiger partial charge in [-0.05, 0) is 12.5 Å². The highest BCUT2D eigenvalue weighted by molar-refractivity contribution is 6.76. The topological polar surface area (TPSA) is 75.2 Å². The summed E-state index contributed by atoms with van der Waals surface area (Å²) in [5.41, 5.74) is -0.274. The number of carbonyl (C=O) groups is 1. The molecule has 156 valence electrons. The fraction of sp³-hybridized carbons (Fsp3) is 0.842. The van der Waals surface area contributed by atoms with Gasteiger partial charge in [-0.2, -0.15) is 0 Å². The van der Waals surface area contributed by atoms with Crippen molar-refractivity contribution in [2.24, 2.45) is 5.41 Å². The minimum Gasteiger partial charge on any atom is -0.450 e. The van der Waals surface area contributed by atoms with Gasteiger partial charge in [-0.1, -0.05) is 39.6 Å². The average Bonchev–Trinajstić information content (AvgIpc) is 2.55. The van der Waals surface area contributed by atoms with Crippen LogP contribution in [0.15, 0.2) is 12.7 Å². The maximum atomic E-state index is 12.2. The van der Waals surface area contributed by atoms with Crippen molar-refractivity contribution in [3.05, 3.63) is 12.7 Å². The zero-order valence-electron chi connectivity index (χ0n) is 17.4. The Hall–Kier alpha value is -0.933. The number of methoxy groups -OCH3 is 1. The van der Waals surface area contributed by atoms with Gasteiger partial charge in [-0.15, -0.1) is 6.58 Å². The molecule has 0 saturated carbocycles. The number of ether oxygens (including phenoxy) is 5. The van der Waals surface area contributed by atoms with E-state index >= 15 is 0 Å². The van der Waals surface area contributed by atoms with E-state index in [1.807, 2.05) is 6.08 Å². The summed E-state index contributed by atoms with van der Waals surface area (Å²) in [6, 6.07) is 0.916. The molecule has 5 atom stereocenters. The van der Waals surface area contributed by atoms with Crippen LogP contribution in [0.4, 0.5) is 4.79 Å².